The second-order valence-electron chi connectivity index (χ2n) is 5.88. The fourth-order valence-electron chi connectivity index (χ4n) is 2.05. The molecule has 1 aromatic rings. The van der Waals surface area contributed by atoms with Crippen molar-refractivity contribution in [3.05, 3.63) is 53.1 Å². The van der Waals surface area contributed by atoms with Gasteiger partial charge in [-0.1, -0.05) is 29.4 Å². The van der Waals surface area contributed by atoms with Gasteiger partial charge in [0.05, 0.1) is 7.11 Å². The van der Waals surface area contributed by atoms with Crippen molar-refractivity contribution in [2.45, 2.75) is 33.6 Å². The maximum atomic E-state index is 11.8. The van der Waals surface area contributed by atoms with Crippen LogP contribution in [0.3, 0.4) is 0 Å². The van der Waals surface area contributed by atoms with Gasteiger partial charge >= 0.3 is 0 Å². The van der Waals surface area contributed by atoms with Gasteiger partial charge in [0.25, 0.3) is 0 Å². The summed E-state index contributed by atoms with van der Waals surface area (Å²) in [5.41, 5.74) is 3.38. The molecule has 24 heavy (non-hydrogen) atoms. The Hall–Kier alpha value is -2.49. The second kappa shape index (κ2) is 10.3. The van der Waals surface area contributed by atoms with Crippen LogP contribution in [0.2, 0.25) is 0 Å². The molecule has 1 amide bonds. The number of methoxy groups -OCH3 is 1. The molecule has 0 fully saturated rings. The Bertz CT molecular complexity index is 638. The first-order valence-electron chi connectivity index (χ1n) is 8.04. The Balaban J connectivity index is 2.44. The number of amides is 1. The molecule has 1 aromatic carbocycles. The van der Waals surface area contributed by atoms with Crippen molar-refractivity contribution in [3.8, 4) is 11.5 Å². The number of carbonyl (C=O) groups is 1. The van der Waals surface area contributed by atoms with E-state index in [1.807, 2.05) is 6.08 Å². The number of allylic oxidation sites excluding steroid dienone is 3. The van der Waals surface area contributed by atoms with Crippen LogP contribution in [-0.2, 0) is 4.79 Å². The van der Waals surface area contributed by atoms with E-state index in [0.29, 0.717) is 12.3 Å². The summed E-state index contributed by atoms with van der Waals surface area (Å²) >= 11 is 0. The first-order valence-corrected chi connectivity index (χ1v) is 8.04. The fraction of sp³-hybridized carbons (Fsp3) is 0.350. The molecular weight excluding hydrogens is 302 g/mol. The summed E-state index contributed by atoms with van der Waals surface area (Å²) in [5, 5.41) is 12.4. The first-order chi connectivity index (χ1) is 11.4. The Morgan fingerprint density at radius 3 is 2.67 bits per heavy atom. The summed E-state index contributed by atoms with van der Waals surface area (Å²) < 4.78 is 5.03. The third-order valence-electron chi connectivity index (χ3n) is 3.45. The minimum atomic E-state index is -0.157. The summed E-state index contributed by atoms with van der Waals surface area (Å²) in [5.74, 6) is 0.302. The molecule has 0 heterocycles. The van der Waals surface area contributed by atoms with E-state index in [0.717, 1.165) is 18.4 Å². The van der Waals surface area contributed by atoms with E-state index in [9.17, 15) is 9.90 Å². The standard InChI is InChI=1S/C20H27NO3/c1-15(2)6-5-7-16(3)12-13-21-20(23)11-9-17-8-10-18(22)19(14-17)24-4/h6,8-12,14,22H,5,7,13H2,1-4H3,(H,21,23). The molecule has 0 atom stereocenters. The summed E-state index contributed by atoms with van der Waals surface area (Å²) in [6, 6.07) is 4.93. The SMILES string of the molecule is COc1cc(C=CC(=O)NCC=C(C)CCC=C(C)C)ccc1O. The number of hydrogen-bond donors (Lipinski definition) is 2. The van der Waals surface area contributed by atoms with Crippen molar-refractivity contribution < 1.29 is 14.6 Å². The van der Waals surface area contributed by atoms with E-state index in [4.69, 9.17) is 4.74 Å². The van der Waals surface area contributed by atoms with Crippen molar-refractivity contribution in [1.82, 2.24) is 5.32 Å². The topological polar surface area (TPSA) is 58.6 Å². The molecule has 0 radical (unpaired) electrons. The van der Waals surface area contributed by atoms with Gasteiger partial charge in [-0.2, -0.15) is 0 Å². The quantitative estimate of drug-likeness (QED) is 0.554. The lowest BCUT2D eigenvalue weighted by Gasteiger charge is -2.04. The maximum Gasteiger partial charge on any atom is 0.244 e. The average molecular weight is 329 g/mol. The number of hydrogen-bond acceptors (Lipinski definition) is 3. The average Bonchev–Trinajstić information content (AvgIpc) is 2.53. The number of aromatic hydroxyl groups is 1. The van der Waals surface area contributed by atoms with Gasteiger partial charge in [0.2, 0.25) is 5.91 Å². The van der Waals surface area contributed by atoms with Gasteiger partial charge in [-0.05, 0) is 57.4 Å². The van der Waals surface area contributed by atoms with Crippen molar-refractivity contribution >= 4 is 12.0 Å². The summed E-state index contributed by atoms with van der Waals surface area (Å²) in [6.45, 7) is 6.77. The number of carbonyl (C=O) groups excluding carboxylic acids is 1. The van der Waals surface area contributed by atoms with Gasteiger partial charge in [0.15, 0.2) is 11.5 Å². The van der Waals surface area contributed by atoms with Crippen molar-refractivity contribution in [1.29, 1.82) is 0 Å². The van der Waals surface area contributed by atoms with Crippen LogP contribution in [0.1, 0.15) is 39.2 Å². The molecule has 0 saturated carbocycles. The van der Waals surface area contributed by atoms with E-state index < -0.39 is 0 Å². The molecule has 4 heteroatoms. The lowest BCUT2D eigenvalue weighted by Crippen LogP contribution is -2.20. The number of benzene rings is 1. The molecule has 130 valence electrons. The summed E-state index contributed by atoms with van der Waals surface area (Å²) in [4.78, 5) is 11.8. The van der Waals surface area contributed by atoms with Gasteiger partial charge in [0.1, 0.15) is 0 Å². The second-order valence-corrected chi connectivity index (χ2v) is 5.88. The Labute approximate surface area is 144 Å². The molecule has 0 aliphatic heterocycles. The highest BCUT2D eigenvalue weighted by molar-refractivity contribution is 5.91. The van der Waals surface area contributed by atoms with Crippen molar-refractivity contribution in [2.75, 3.05) is 13.7 Å². The van der Waals surface area contributed by atoms with Gasteiger partial charge in [-0.3, -0.25) is 4.79 Å². The largest absolute Gasteiger partial charge is 0.504 e. The smallest absolute Gasteiger partial charge is 0.244 e. The number of nitrogens with one attached hydrogen (secondary N) is 1. The minimum absolute atomic E-state index is 0.0767. The molecule has 1 rings (SSSR count). The van der Waals surface area contributed by atoms with Crippen LogP contribution in [0.4, 0.5) is 0 Å². The molecule has 0 aliphatic rings. The van der Waals surface area contributed by atoms with Crippen molar-refractivity contribution in [2.24, 2.45) is 0 Å². The molecule has 0 saturated heterocycles. The van der Waals surface area contributed by atoms with Crippen LogP contribution in [0.15, 0.2) is 47.6 Å². The predicted octanol–water partition coefficient (Wildman–Crippen LogP) is 4.22. The summed E-state index contributed by atoms with van der Waals surface area (Å²) in [6.07, 6.45) is 9.44. The third kappa shape index (κ3) is 7.68. The van der Waals surface area contributed by atoms with Crippen molar-refractivity contribution in [3.63, 3.8) is 0 Å². The van der Waals surface area contributed by atoms with Gasteiger partial charge in [-0.15, -0.1) is 0 Å². The van der Waals surface area contributed by atoms with E-state index in [2.05, 4.69) is 32.2 Å². The number of phenols is 1. The molecule has 0 unspecified atom stereocenters. The van der Waals surface area contributed by atoms with Crippen LogP contribution < -0.4 is 10.1 Å². The third-order valence-corrected chi connectivity index (χ3v) is 3.45. The van der Waals surface area contributed by atoms with Gasteiger partial charge in [0, 0.05) is 12.6 Å². The van der Waals surface area contributed by atoms with Gasteiger partial charge < -0.3 is 15.2 Å². The molecule has 0 aliphatic carbocycles. The zero-order valence-electron chi connectivity index (χ0n) is 14.9. The fourth-order valence-corrected chi connectivity index (χ4v) is 2.05. The van der Waals surface area contributed by atoms with Crippen LogP contribution in [0.5, 0.6) is 11.5 Å². The van der Waals surface area contributed by atoms with Crippen LogP contribution in [0.25, 0.3) is 6.08 Å². The van der Waals surface area contributed by atoms with E-state index >= 15 is 0 Å². The molecule has 0 aromatic heterocycles. The lowest BCUT2D eigenvalue weighted by atomic mass is 10.1. The van der Waals surface area contributed by atoms with Crippen LogP contribution in [0, 0.1) is 0 Å². The first kappa shape index (κ1) is 19.6. The van der Waals surface area contributed by atoms with E-state index in [1.54, 1.807) is 18.2 Å². The highest BCUT2D eigenvalue weighted by Crippen LogP contribution is 2.26. The Kier molecular flexibility index (Phi) is 8.41. The molecule has 4 nitrogen and oxygen atoms in total. The number of phenolic OH excluding ortho intramolecular Hbond substituents is 1. The van der Waals surface area contributed by atoms with E-state index in [1.165, 1.54) is 30.4 Å². The zero-order valence-corrected chi connectivity index (χ0v) is 14.9. The molecule has 0 bridgehead atoms. The zero-order chi connectivity index (χ0) is 17.9. The Morgan fingerprint density at radius 2 is 2.00 bits per heavy atom. The Morgan fingerprint density at radius 1 is 1.25 bits per heavy atom. The predicted molar refractivity (Wildman–Crippen MR) is 99.1 cm³/mol. The summed E-state index contributed by atoms with van der Waals surface area (Å²) in [7, 11) is 1.49. The minimum Gasteiger partial charge on any atom is -0.504 e. The molecule has 2 N–H and O–H groups in total. The number of ether oxygens (including phenoxy) is 1. The van der Waals surface area contributed by atoms with E-state index in [-0.39, 0.29) is 11.7 Å². The molecular formula is C20H27NO3. The van der Waals surface area contributed by atoms with Gasteiger partial charge in [-0.25, -0.2) is 0 Å². The lowest BCUT2D eigenvalue weighted by molar-refractivity contribution is -0.116. The molecule has 0 spiro atoms. The van der Waals surface area contributed by atoms with Crippen LogP contribution in [-0.4, -0.2) is 24.7 Å². The number of rotatable bonds is 8. The van der Waals surface area contributed by atoms with Crippen LogP contribution >= 0.6 is 0 Å². The normalized spacial score (nSPS) is 11.4. The highest BCUT2D eigenvalue weighted by Gasteiger charge is 2.01. The highest BCUT2D eigenvalue weighted by atomic mass is 16.5. The maximum absolute atomic E-state index is 11.8. The monoisotopic (exact) mass is 329 g/mol.